The number of hydrogen-bond acceptors (Lipinski definition) is 3. The number of halogens is 1. The van der Waals surface area contributed by atoms with Gasteiger partial charge in [-0.05, 0) is 47.5 Å². The van der Waals surface area contributed by atoms with Crippen molar-refractivity contribution in [3.63, 3.8) is 0 Å². The molecule has 0 spiro atoms. The topological polar surface area (TPSA) is 44.4 Å². The number of anilines is 3. The van der Waals surface area contributed by atoms with E-state index in [1.54, 1.807) is 12.1 Å². The van der Waals surface area contributed by atoms with Crippen molar-refractivity contribution in [2.75, 3.05) is 42.8 Å². The average molecular weight is 377 g/mol. The number of nitrogens with one attached hydrogen (secondary N) is 2. The Morgan fingerprint density at radius 1 is 0.893 bits per heavy atom. The van der Waals surface area contributed by atoms with Crippen LogP contribution < -0.4 is 15.5 Å². The number of carbonyl (C=O) groups is 1. The first-order valence-electron chi connectivity index (χ1n) is 9.16. The lowest BCUT2D eigenvalue weighted by atomic mass is 10.0. The molecule has 0 radical (unpaired) electrons. The summed E-state index contributed by atoms with van der Waals surface area (Å²) in [4.78, 5) is 14.7. The van der Waals surface area contributed by atoms with Gasteiger partial charge in [-0.2, -0.15) is 0 Å². The third kappa shape index (κ3) is 4.68. The summed E-state index contributed by atoms with van der Waals surface area (Å²) in [6.07, 6.45) is 0. The molecule has 144 valence electrons. The second kappa shape index (κ2) is 9.04. The van der Waals surface area contributed by atoms with Crippen LogP contribution in [0.1, 0.15) is 10.4 Å². The largest absolute Gasteiger partial charge is 0.381 e. The molecule has 0 atom stereocenters. The fraction of sp³-hybridized carbons (Fsp3) is 0.174. The van der Waals surface area contributed by atoms with Gasteiger partial charge in [0.15, 0.2) is 0 Å². The van der Waals surface area contributed by atoms with E-state index >= 15 is 0 Å². The average Bonchev–Trinajstić information content (AvgIpc) is 2.73. The Morgan fingerprint density at radius 3 is 2.25 bits per heavy atom. The van der Waals surface area contributed by atoms with Gasteiger partial charge in [0.05, 0.1) is 11.4 Å². The van der Waals surface area contributed by atoms with E-state index in [2.05, 4.69) is 10.6 Å². The van der Waals surface area contributed by atoms with E-state index in [1.165, 1.54) is 0 Å². The summed E-state index contributed by atoms with van der Waals surface area (Å²) in [5, 5.41) is 5.98. The Kier molecular flexibility index (Phi) is 6.27. The van der Waals surface area contributed by atoms with Crippen molar-refractivity contribution < 1.29 is 9.18 Å². The first-order chi connectivity index (χ1) is 13.6. The molecular weight excluding hydrogens is 353 g/mol. The molecule has 0 fully saturated rings. The molecule has 4 nitrogen and oxygen atoms in total. The molecule has 3 aromatic carbocycles. The highest BCUT2D eigenvalue weighted by Gasteiger charge is 2.11. The quantitative estimate of drug-likeness (QED) is 0.605. The van der Waals surface area contributed by atoms with Gasteiger partial charge in [0, 0.05) is 31.9 Å². The molecule has 0 heterocycles. The molecule has 28 heavy (non-hydrogen) atoms. The third-order valence-electron chi connectivity index (χ3n) is 4.43. The minimum absolute atomic E-state index is 0.186. The van der Waals surface area contributed by atoms with Crippen LogP contribution in [0, 0.1) is 0 Å². The highest BCUT2D eigenvalue weighted by Crippen LogP contribution is 2.29. The Morgan fingerprint density at radius 2 is 1.61 bits per heavy atom. The summed E-state index contributed by atoms with van der Waals surface area (Å²) in [6.45, 7) is -0.301. The van der Waals surface area contributed by atoms with Crippen molar-refractivity contribution in [1.82, 2.24) is 0 Å². The maximum Gasteiger partial charge on any atom is 0.255 e. The zero-order valence-electron chi connectivity index (χ0n) is 16.1. The molecule has 0 aromatic heterocycles. The van der Waals surface area contributed by atoms with Crippen molar-refractivity contribution in [3.8, 4) is 11.1 Å². The summed E-state index contributed by atoms with van der Waals surface area (Å²) in [7, 11) is 3.90. The summed E-state index contributed by atoms with van der Waals surface area (Å²) in [6, 6.07) is 23.0. The molecule has 0 saturated carbocycles. The monoisotopic (exact) mass is 377 g/mol. The van der Waals surface area contributed by atoms with Crippen molar-refractivity contribution in [3.05, 3.63) is 78.4 Å². The van der Waals surface area contributed by atoms with E-state index in [0.29, 0.717) is 16.9 Å². The lowest BCUT2D eigenvalue weighted by molar-refractivity contribution is 0.102. The lowest BCUT2D eigenvalue weighted by Gasteiger charge is -2.15. The number of carbonyl (C=O) groups excluding carboxylic acids is 1. The Bertz CT molecular complexity index is 924. The van der Waals surface area contributed by atoms with E-state index in [-0.39, 0.29) is 12.5 Å². The van der Waals surface area contributed by atoms with E-state index in [0.717, 1.165) is 16.8 Å². The van der Waals surface area contributed by atoms with Gasteiger partial charge in [-0.25, -0.2) is 4.39 Å². The van der Waals surface area contributed by atoms with Crippen LogP contribution in [-0.4, -0.2) is 33.2 Å². The van der Waals surface area contributed by atoms with Crippen LogP contribution in [0.2, 0.25) is 0 Å². The number of nitrogens with zero attached hydrogens (tertiary/aromatic N) is 1. The van der Waals surface area contributed by atoms with Crippen LogP contribution in [0.25, 0.3) is 11.1 Å². The van der Waals surface area contributed by atoms with Crippen molar-refractivity contribution in [2.45, 2.75) is 0 Å². The predicted molar refractivity (Wildman–Crippen MR) is 115 cm³/mol. The van der Waals surface area contributed by atoms with Crippen molar-refractivity contribution in [2.24, 2.45) is 0 Å². The molecule has 0 unspecified atom stereocenters. The van der Waals surface area contributed by atoms with Gasteiger partial charge in [-0.1, -0.05) is 36.4 Å². The molecule has 0 aliphatic carbocycles. The molecule has 3 aromatic rings. The molecule has 5 heteroatoms. The highest BCUT2D eigenvalue weighted by atomic mass is 19.1. The van der Waals surface area contributed by atoms with E-state index in [1.807, 2.05) is 79.7 Å². The molecule has 3 rings (SSSR count). The normalized spacial score (nSPS) is 10.4. The van der Waals surface area contributed by atoms with Gasteiger partial charge in [0.2, 0.25) is 0 Å². The van der Waals surface area contributed by atoms with Crippen LogP contribution in [0.4, 0.5) is 21.5 Å². The van der Waals surface area contributed by atoms with E-state index in [9.17, 15) is 9.18 Å². The molecule has 0 saturated heterocycles. The fourth-order valence-electron chi connectivity index (χ4n) is 2.90. The number of alkyl halides is 1. The second-order valence-electron chi connectivity index (χ2n) is 6.64. The van der Waals surface area contributed by atoms with Crippen LogP contribution in [0.5, 0.6) is 0 Å². The van der Waals surface area contributed by atoms with Gasteiger partial charge < -0.3 is 15.5 Å². The maximum absolute atomic E-state index is 12.7. The summed E-state index contributed by atoms with van der Waals surface area (Å²) in [5.74, 6) is -0.209. The van der Waals surface area contributed by atoms with Crippen molar-refractivity contribution >= 4 is 23.0 Å². The smallest absolute Gasteiger partial charge is 0.255 e. The second-order valence-corrected chi connectivity index (χ2v) is 6.64. The lowest BCUT2D eigenvalue weighted by Crippen LogP contribution is -2.15. The number of rotatable bonds is 7. The highest BCUT2D eigenvalue weighted by molar-refractivity contribution is 6.06. The molecule has 2 N–H and O–H groups in total. The summed E-state index contributed by atoms with van der Waals surface area (Å²) < 4.78 is 12.6. The molecular formula is C23H24FN3O. The van der Waals surface area contributed by atoms with Crippen LogP contribution in [0.15, 0.2) is 72.8 Å². The van der Waals surface area contributed by atoms with Crippen LogP contribution >= 0.6 is 0 Å². The minimum atomic E-state index is -0.486. The standard InChI is InChI=1S/C23H24FN3O/c1-27(2)20-11-8-18(9-12-20)23(28)26-22-16-19(17-6-4-3-5-7-17)10-13-21(22)25-15-14-24/h3-13,16,25H,14-15H2,1-2H3,(H,26,28). The Balaban J connectivity index is 1.88. The van der Waals surface area contributed by atoms with Gasteiger partial charge in [0.1, 0.15) is 6.67 Å². The minimum Gasteiger partial charge on any atom is -0.381 e. The molecule has 1 amide bonds. The first kappa shape index (κ1) is 19.4. The Hall–Kier alpha value is -3.34. The van der Waals surface area contributed by atoms with Crippen LogP contribution in [0.3, 0.4) is 0 Å². The third-order valence-corrected chi connectivity index (χ3v) is 4.43. The summed E-state index contributed by atoms with van der Waals surface area (Å²) >= 11 is 0. The van der Waals surface area contributed by atoms with Gasteiger partial charge in [0.25, 0.3) is 5.91 Å². The Labute approximate surface area is 165 Å². The van der Waals surface area contributed by atoms with Gasteiger partial charge in [-0.3, -0.25) is 4.79 Å². The van der Waals surface area contributed by atoms with E-state index < -0.39 is 6.67 Å². The molecule has 0 bridgehead atoms. The van der Waals surface area contributed by atoms with Crippen LogP contribution in [-0.2, 0) is 0 Å². The predicted octanol–water partition coefficient (Wildman–Crippen LogP) is 5.05. The van der Waals surface area contributed by atoms with Crippen molar-refractivity contribution in [1.29, 1.82) is 0 Å². The van der Waals surface area contributed by atoms with E-state index in [4.69, 9.17) is 0 Å². The molecule has 0 aliphatic rings. The first-order valence-corrected chi connectivity index (χ1v) is 9.16. The van der Waals surface area contributed by atoms with Gasteiger partial charge in [-0.15, -0.1) is 0 Å². The molecule has 0 aliphatic heterocycles. The number of amides is 1. The van der Waals surface area contributed by atoms with Gasteiger partial charge >= 0.3 is 0 Å². The number of benzene rings is 3. The zero-order valence-corrected chi connectivity index (χ0v) is 16.1. The fourth-order valence-corrected chi connectivity index (χ4v) is 2.90. The number of hydrogen-bond donors (Lipinski definition) is 2. The summed E-state index contributed by atoms with van der Waals surface area (Å²) in [5.41, 5.74) is 4.92. The maximum atomic E-state index is 12.7. The zero-order chi connectivity index (χ0) is 19.9. The SMILES string of the molecule is CN(C)c1ccc(C(=O)Nc2cc(-c3ccccc3)ccc2NCCF)cc1.